The minimum Gasteiger partial charge on any atom is -0.477 e. The summed E-state index contributed by atoms with van der Waals surface area (Å²) in [4.78, 5) is 31.9. The van der Waals surface area contributed by atoms with Gasteiger partial charge in [-0.15, -0.1) is 0 Å². The molecule has 126 valence electrons. The van der Waals surface area contributed by atoms with E-state index in [9.17, 15) is 25.0 Å². The molecule has 0 spiro atoms. The number of ether oxygens (including phenoxy) is 1. The second-order valence-electron chi connectivity index (χ2n) is 4.66. The van der Waals surface area contributed by atoms with Crippen LogP contribution >= 0.6 is 0 Å². The third kappa shape index (κ3) is 4.26. The van der Waals surface area contributed by atoms with Gasteiger partial charge in [-0.2, -0.15) is 5.26 Å². The maximum Gasteiger partial charge on any atom is 0.317 e. The normalized spacial score (nSPS) is 9.72. The van der Waals surface area contributed by atoms with Crippen LogP contribution in [0.3, 0.4) is 0 Å². The van der Waals surface area contributed by atoms with Gasteiger partial charge in [0.2, 0.25) is 0 Å². The van der Waals surface area contributed by atoms with Crippen LogP contribution in [0.25, 0.3) is 0 Å². The lowest BCUT2D eigenvalue weighted by atomic mass is 10.2. The molecule has 0 fully saturated rings. The van der Waals surface area contributed by atoms with Gasteiger partial charge in [-0.25, -0.2) is 0 Å². The summed E-state index contributed by atoms with van der Waals surface area (Å²) in [6.45, 7) is -0.571. The number of para-hydroxylation sites is 1. The fourth-order valence-electron chi connectivity index (χ4n) is 1.90. The number of rotatable bonds is 6. The molecule has 1 amide bonds. The molecule has 10 heteroatoms. The maximum absolute atomic E-state index is 11.9. The molecule has 0 aliphatic heterocycles. The second kappa shape index (κ2) is 7.51. The van der Waals surface area contributed by atoms with Gasteiger partial charge in [0.05, 0.1) is 27.2 Å². The summed E-state index contributed by atoms with van der Waals surface area (Å²) in [7, 11) is 0. The minimum atomic E-state index is -0.842. The van der Waals surface area contributed by atoms with Crippen LogP contribution in [0.2, 0.25) is 0 Å². The summed E-state index contributed by atoms with van der Waals surface area (Å²) in [5.41, 5.74) is -0.570. The monoisotopic (exact) mass is 342 g/mol. The van der Waals surface area contributed by atoms with E-state index < -0.39 is 33.7 Å². The van der Waals surface area contributed by atoms with Gasteiger partial charge in [-0.05, 0) is 18.2 Å². The lowest BCUT2D eigenvalue weighted by Gasteiger charge is -2.08. The van der Waals surface area contributed by atoms with Crippen molar-refractivity contribution in [2.24, 2.45) is 0 Å². The van der Waals surface area contributed by atoms with Crippen molar-refractivity contribution >= 4 is 23.0 Å². The number of benzene rings is 2. The molecule has 0 radical (unpaired) electrons. The lowest BCUT2D eigenvalue weighted by Crippen LogP contribution is -2.21. The average molecular weight is 342 g/mol. The summed E-state index contributed by atoms with van der Waals surface area (Å²) in [5, 5.41) is 33.0. The third-order valence-electron chi connectivity index (χ3n) is 3.03. The Bertz CT molecular complexity index is 890. The number of anilines is 1. The van der Waals surface area contributed by atoms with Gasteiger partial charge in [0.25, 0.3) is 11.6 Å². The average Bonchev–Trinajstić information content (AvgIpc) is 2.60. The van der Waals surface area contributed by atoms with Gasteiger partial charge >= 0.3 is 5.69 Å². The van der Waals surface area contributed by atoms with Crippen molar-refractivity contribution < 1.29 is 19.4 Å². The van der Waals surface area contributed by atoms with E-state index in [1.54, 1.807) is 12.1 Å². The number of nitrogens with zero attached hydrogens (tertiary/aromatic N) is 3. The Balaban J connectivity index is 2.10. The first-order valence-electron chi connectivity index (χ1n) is 6.77. The fraction of sp³-hybridized carbons (Fsp3) is 0.0667. The zero-order valence-electron chi connectivity index (χ0n) is 12.5. The Kier molecular flexibility index (Phi) is 5.22. The first kappa shape index (κ1) is 17.4. The molecule has 2 rings (SSSR count). The van der Waals surface area contributed by atoms with Gasteiger partial charge in [-0.3, -0.25) is 25.0 Å². The zero-order valence-corrected chi connectivity index (χ0v) is 12.5. The van der Waals surface area contributed by atoms with Gasteiger partial charge in [-0.1, -0.05) is 12.1 Å². The summed E-state index contributed by atoms with van der Waals surface area (Å²) in [5.74, 6) is -0.922. The zero-order chi connectivity index (χ0) is 18.4. The van der Waals surface area contributed by atoms with E-state index in [0.29, 0.717) is 0 Å². The number of nitriles is 1. The van der Waals surface area contributed by atoms with Crippen LogP contribution in [0.5, 0.6) is 5.75 Å². The number of nitro benzene ring substituents is 2. The predicted octanol–water partition coefficient (Wildman–Crippen LogP) is 2.39. The summed E-state index contributed by atoms with van der Waals surface area (Å²) >= 11 is 0. The van der Waals surface area contributed by atoms with E-state index in [0.717, 1.165) is 18.2 Å². The molecule has 25 heavy (non-hydrogen) atoms. The fourth-order valence-corrected chi connectivity index (χ4v) is 1.90. The van der Waals surface area contributed by atoms with Gasteiger partial charge < -0.3 is 10.1 Å². The molecular weight excluding hydrogens is 332 g/mol. The summed E-state index contributed by atoms with van der Waals surface area (Å²) < 4.78 is 5.08. The van der Waals surface area contributed by atoms with E-state index in [4.69, 9.17) is 10.00 Å². The van der Waals surface area contributed by atoms with Crippen LogP contribution in [0.15, 0.2) is 42.5 Å². The minimum absolute atomic E-state index is 0.247. The Hall–Kier alpha value is -4.00. The highest BCUT2D eigenvalue weighted by molar-refractivity contribution is 5.93. The first-order chi connectivity index (χ1) is 11.9. The number of amides is 1. The highest BCUT2D eigenvalue weighted by Gasteiger charge is 2.21. The molecule has 1 N–H and O–H groups in total. The summed E-state index contributed by atoms with van der Waals surface area (Å²) in [6.07, 6.45) is 0. The van der Waals surface area contributed by atoms with Gasteiger partial charge in [0.15, 0.2) is 12.4 Å². The topological polar surface area (TPSA) is 148 Å². The standard InChI is InChI=1S/C15H10N4O6/c16-8-10-3-1-2-4-12(10)17-15(20)9-25-14-6-5-11(18(21)22)7-13(14)19(23)24/h1-7H,9H2,(H,17,20). The van der Waals surface area contributed by atoms with E-state index in [2.05, 4.69) is 5.32 Å². The third-order valence-corrected chi connectivity index (χ3v) is 3.03. The van der Waals surface area contributed by atoms with E-state index >= 15 is 0 Å². The number of nitro groups is 2. The molecular formula is C15H10N4O6. The molecule has 0 saturated carbocycles. The molecule has 0 bridgehead atoms. The van der Waals surface area contributed by atoms with Crippen molar-refractivity contribution in [1.29, 1.82) is 5.26 Å². The number of hydrogen-bond acceptors (Lipinski definition) is 7. The van der Waals surface area contributed by atoms with Crippen molar-refractivity contribution in [3.8, 4) is 11.8 Å². The van der Waals surface area contributed by atoms with Crippen LogP contribution in [0, 0.1) is 31.6 Å². The largest absolute Gasteiger partial charge is 0.477 e. The van der Waals surface area contributed by atoms with Crippen LogP contribution in [0.1, 0.15) is 5.56 Å². The van der Waals surface area contributed by atoms with E-state index in [1.807, 2.05) is 6.07 Å². The molecule has 0 aliphatic carbocycles. The highest BCUT2D eigenvalue weighted by Crippen LogP contribution is 2.30. The quantitative estimate of drug-likeness (QED) is 0.625. The number of carbonyl (C=O) groups is 1. The number of nitrogens with one attached hydrogen (secondary N) is 1. The van der Waals surface area contributed by atoms with Crippen LogP contribution in [-0.2, 0) is 4.79 Å². The Labute approximate surface area is 140 Å². The van der Waals surface area contributed by atoms with Crippen LogP contribution in [0.4, 0.5) is 17.1 Å². The molecule has 0 heterocycles. The van der Waals surface area contributed by atoms with E-state index in [-0.39, 0.29) is 17.0 Å². The highest BCUT2D eigenvalue weighted by atomic mass is 16.6. The van der Waals surface area contributed by atoms with Crippen LogP contribution in [-0.4, -0.2) is 22.4 Å². The molecule has 0 atom stereocenters. The Morgan fingerprint density at radius 1 is 1.16 bits per heavy atom. The Morgan fingerprint density at radius 2 is 1.88 bits per heavy atom. The number of non-ortho nitro benzene ring substituents is 1. The van der Waals surface area contributed by atoms with Crippen LogP contribution < -0.4 is 10.1 Å². The summed E-state index contributed by atoms with van der Waals surface area (Å²) in [6, 6.07) is 11.0. The van der Waals surface area contributed by atoms with E-state index in [1.165, 1.54) is 12.1 Å². The molecule has 0 unspecified atom stereocenters. The Morgan fingerprint density at radius 3 is 2.52 bits per heavy atom. The second-order valence-corrected chi connectivity index (χ2v) is 4.66. The molecule has 2 aromatic rings. The molecule has 0 aliphatic rings. The molecule has 2 aromatic carbocycles. The van der Waals surface area contributed by atoms with Gasteiger partial charge in [0, 0.05) is 6.07 Å². The maximum atomic E-state index is 11.9. The van der Waals surface area contributed by atoms with Crippen molar-refractivity contribution in [2.75, 3.05) is 11.9 Å². The van der Waals surface area contributed by atoms with Gasteiger partial charge in [0.1, 0.15) is 6.07 Å². The van der Waals surface area contributed by atoms with Crippen molar-refractivity contribution in [3.05, 3.63) is 68.3 Å². The van der Waals surface area contributed by atoms with Crippen molar-refractivity contribution in [1.82, 2.24) is 0 Å². The number of carbonyl (C=O) groups excluding carboxylic acids is 1. The molecule has 10 nitrogen and oxygen atoms in total. The molecule has 0 saturated heterocycles. The predicted molar refractivity (Wildman–Crippen MR) is 85.0 cm³/mol. The smallest absolute Gasteiger partial charge is 0.317 e. The van der Waals surface area contributed by atoms with Crippen molar-refractivity contribution in [2.45, 2.75) is 0 Å². The SMILES string of the molecule is N#Cc1ccccc1NC(=O)COc1ccc([N+](=O)[O-])cc1[N+](=O)[O-]. The number of hydrogen-bond donors (Lipinski definition) is 1. The molecule has 0 aromatic heterocycles. The van der Waals surface area contributed by atoms with Crippen molar-refractivity contribution in [3.63, 3.8) is 0 Å². The first-order valence-corrected chi connectivity index (χ1v) is 6.77. The lowest BCUT2D eigenvalue weighted by molar-refractivity contribution is -0.394.